The first-order valence-corrected chi connectivity index (χ1v) is 14.4. The highest BCUT2D eigenvalue weighted by Crippen LogP contribution is 2.37. The lowest BCUT2D eigenvalue weighted by molar-refractivity contribution is -0.158. The van der Waals surface area contributed by atoms with Crippen molar-refractivity contribution in [1.29, 1.82) is 0 Å². The lowest BCUT2D eigenvalue weighted by Gasteiger charge is -2.46. The molecule has 0 aromatic heterocycles. The van der Waals surface area contributed by atoms with Crippen LogP contribution >= 0.6 is 0 Å². The summed E-state index contributed by atoms with van der Waals surface area (Å²) in [5, 5.41) is 11.9. The molecule has 204 valence electrons. The van der Waals surface area contributed by atoms with Crippen molar-refractivity contribution in [1.82, 2.24) is 9.21 Å². The van der Waals surface area contributed by atoms with E-state index in [1.165, 1.54) is 23.5 Å². The van der Waals surface area contributed by atoms with Gasteiger partial charge in [-0.25, -0.2) is 8.42 Å². The molecule has 0 heterocycles. The molecule has 1 amide bonds. The molecule has 1 fully saturated rings. The van der Waals surface area contributed by atoms with E-state index >= 15 is 0 Å². The lowest BCUT2D eigenvalue weighted by Crippen LogP contribution is -2.59. The average Bonchev–Trinajstić information content (AvgIpc) is 3.42. The zero-order valence-corrected chi connectivity index (χ0v) is 23.2. The Morgan fingerprint density at radius 1 is 1.08 bits per heavy atom. The van der Waals surface area contributed by atoms with Crippen LogP contribution in [-0.4, -0.2) is 61.7 Å². The molecule has 0 unspecified atom stereocenters. The Hall–Kier alpha value is -2.46. The number of methoxy groups -OCH3 is 1. The van der Waals surface area contributed by atoms with Gasteiger partial charge in [0.1, 0.15) is 6.73 Å². The van der Waals surface area contributed by atoms with Gasteiger partial charge >= 0.3 is 0 Å². The topological polar surface area (TPSA) is 113 Å². The first-order valence-electron chi connectivity index (χ1n) is 12.9. The molecule has 3 rings (SSSR count). The smallest absolute Gasteiger partial charge is 0.243 e. The van der Waals surface area contributed by atoms with Gasteiger partial charge in [-0.15, -0.1) is 0 Å². The van der Waals surface area contributed by atoms with Gasteiger partial charge in [0.25, 0.3) is 0 Å². The van der Waals surface area contributed by atoms with Crippen LogP contribution in [0.3, 0.4) is 0 Å². The van der Waals surface area contributed by atoms with E-state index < -0.39 is 21.7 Å². The Labute approximate surface area is 221 Å². The Kier molecular flexibility index (Phi) is 9.74. The van der Waals surface area contributed by atoms with Gasteiger partial charge in [0.2, 0.25) is 15.9 Å². The highest BCUT2D eigenvalue weighted by Gasteiger charge is 2.46. The second-order valence-corrected chi connectivity index (χ2v) is 12.4. The van der Waals surface area contributed by atoms with Gasteiger partial charge in [0, 0.05) is 31.8 Å². The Morgan fingerprint density at radius 3 is 2.22 bits per heavy atom. The summed E-state index contributed by atoms with van der Waals surface area (Å²) in [6.07, 6.45) is 2.33. The molecule has 1 aliphatic rings. The van der Waals surface area contributed by atoms with Gasteiger partial charge < -0.3 is 20.5 Å². The standard InChI is InChI=1S/C28H41N3O5S/c1-21(2)18-30(37(34,35)25-16-14-24(29)15-17-25)19-26(32)28(3,23-12-6-5-7-13-23)31(20-36-4)27(33)22-10-8-9-11-22/h5-7,12-17,21-22,26,32H,8-11,18-20,29H2,1-4H3/t26-,28+/m1/s1. The van der Waals surface area contributed by atoms with Gasteiger partial charge in [-0.05, 0) is 55.5 Å². The molecule has 2 atom stereocenters. The summed E-state index contributed by atoms with van der Waals surface area (Å²) in [6, 6.07) is 15.3. The average molecular weight is 532 g/mol. The Balaban J connectivity index is 2.05. The van der Waals surface area contributed by atoms with Crippen molar-refractivity contribution in [2.45, 2.75) is 63.0 Å². The Bertz CT molecular complexity index is 1120. The van der Waals surface area contributed by atoms with Crippen LogP contribution in [0, 0.1) is 11.8 Å². The SMILES string of the molecule is COCN(C(=O)C1CCCC1)[C@@](C)(c1ccccc1)[C@H](O)CN(CC(C)C)S(=O)(=O)c1ccc(N)cc1. The normalized spacial score (nSPS) is 17.2. The lowest BCUT2D eigenvalue weighted by atomic mass is 9.83. The minimum atomic E-state index is -3.94. The van der Waals surface area contributed by atoms with Gasteiger partial charge in [-0.2, -0.15) is 4.31 Å². The van der Waals surface area contributed by atoms with E-state index in [0.717, 1.165) is 25.7 Å². The summed E-state index contributed by atoms with van der Waals surface area (Å²) in [5.74, 6) is -0.217. The van der Waals surface area contributed by atoms with Crippen LogP contribution in [0.4, 0.5) is 5.69 Å². The molecule has 0 radical (unpaired) electrons. The summed E-state index contributed by atoms with van der Waals surface area (Å²) in [6.45, 7) is 5.63. The van der Waals surface area contributed by atoms with Gasteiger partial charge in [-0.3, -0.25) is 4.79 Å². The quantitative estimate of drug-likeness (QED) is 0.318. The predicted octanol–water partition coefficient (Wildman–Crippen LogP) is 3.81. The van der Waals surface area contributed by atoms with Crippen LogP contribution in [0.5, 0.6) is 0 Å². The number of rotatable bonds is 12. The maximum atomic E-state index is 13.8. The number of nitrogens with zero attached hydrogens (tertiary/aromatic N) is 2. The number of amides is 1. The molecule has 1 aliphatic carbocycles. The number of benzene rings is 2. The number of anilines is 1. The van der Waals surface area contributed by atoms with Gasteiger partial charge in [0.05, 0.1) is 16.5 Å². The number of sulfonamides is 1. The van der Waals surface area contributed by atoms with Crippen molar-refractivity contribution in [3.8, 4) is 0 Å². The fraction of sp³-hybridized carbons (Fsp3) is 0.536. The largest absolute Gasteiger partial charge is 0.399 e. The third-order valence-corrected chi connectivity index (χ3v) is 9.11. The zero-order chi connectivity index (χ0) is 27.2. The molecule has 37 heavy (non-hydrogen) atoms. The van der Waals surface area contributed by atoms with Crippen LogP contribution in [0.2, 0.25) is 0 Å². The molecule has 2 aromatic rings. The molecule has 0 saturated heterocycles. The molecule has 8 nitrogen and oxygen atoms in total. The molecule has 2 aromatic carbocycles. The third kappa shape index (κ3) is 6.52. The third-order valence-electron chi connectivity index (χ3n) is 7.26. The number of nitrogens with two attached hydrogens (primary N) is 1. The second kappa shape index (κ2) is 12.4. The molecular formula is C28H41N3O5S. The van der Waals surface area contributed by atoms with Gasteiger partial charge in [0.15, 0.2) is 0 Å². The number of aliphatic hydroxyl groups is 1. The van der Waals surface area contributed by atoms with Crippen LogP contribution in [-0.2, 0) is 25.1 Å². The highest BCUT2D eigenvalue weighted by atomic mass is 32.2. The van der Waals surface area contributed by atoms with Crippen LogP contribution in [0.1, 0.15) is 52.0 Å². The Morgan fingerprint density at radius 2 is 1.68 bits per heavy atom. The van der Waals surface area contributed by atoms with Crippen LogP contribution in [0.25, 0.3) is 0 Å². The number of carbonyl (C=O) groups excluding carboxylic acids is 1. The molecule has 9 heteroatoms. The first-order chi connectivity index (χ1) is 17.5. The number of hydrogen-bond acceptors (Lipinski definition) is 6. The fourth-order valence-electron chi connectivity index (χ4n) is 5.09. The first kappa shape index (κ1) is 29.1. The maximum absolute atomic E-state index is 13.8. The zero-order valence-electron chi connectivity index (χ0n) is 22.3. The van der Waals surface area contributed by atoms with Crippen molar-refractivity contribution in [3.05, 3.63) is 60.2 Å². The molecule has 0 aliphatic heterocycles. The van der Waals surface area contributed by atoms with Crippen LogP contribution < -0.4 is 5.73 Å². The van der Waals surface area contributed by atoms with Gasteiger partial charge in [-0.1, -0.05) is 57.0 Å². The maximum Gasteiger partial charge on any atom is 0.243 e. The van der Waals surface area contributed by atoms with E-state index in [0.29, 0.717) is 11.3 Å². The number of carbonyl (C=O) groups is 1. The van der Waals surface area contributed by atoms with Crippen LogP contribution in [0.15, 0.2) is 59.5 Å². The number of hydrogen-bond donors (Lipinski definition) is 2. The van der Waals surface area contributed by atoms with Crippen molar-refractivity contribution in [2.75, 3.05) is 32.7 Å². The molecule has 0 spiro atoms. The summed E-state index contributed by atoms with van der Waals surface area (Å²) < 4.78 is 34.1. The monoisotopic (exact) mass is 531 g/mol. The van der Waals surface area contributed by atoms with Crippen molar-refractivity contribution in [2.24, 2.45) is 11.8 Å². The fourth-order valence-corrected chi connectivity index (χ4v) is 6.70. The summed E-state index contributed by atoms with van der Waals surface area (Å²) in [4.78, 5) is 15.5. The van der Waals surface area contributed by atoms with Crippen molar-refractivity contribution in [3.63, 3.8) is 0 Å². The summed E-state index contributed by atoms with van der Waals surface area (Å²) in [7, 11) is -2.42. The molecule has 3 N–H and O–H groups in total. The number of ether oxygens (including phenoxy) is 1. The minimum absolute atomic E-state index is 0.00828. The number of nitrogen functional groups attached to an aromatic ring is 1. The number of aliphatic hydroxyl groups excluding tert-OH is 1. The summed E-state index contributed by atoms with van der Waals surface area (Å²) >= 11 is 0. The molecule has 1 saturated carbocycles. The van der Waals surface area contributed by atoms with E-state index in [9.17, 15) is 18.3 Å². The van der Waals surface area contributed by atoms with E-state index in [-0.39, 0.29) is 42.5 Å². The van der Waals surface area contributed by atoms with E-state index in [1.807, 2.05) is 44.2 Å². The highest BCUT2D eigenvalue weighted by molar-refractivity contribution is 7.89. The van der Waals surface area contributed by atoms with E-state index in [2.05, 4.69) is 0 Å². The van der Waals surface area contributed by atoms with E-state index in [1.54, 1.807) is 24.0 Å². The predicted molar refractivity (Wildman–Crippen MR) is 145 cm³/mol. The second-order valence-electron chi connectivity index (χ2n) is 10.5. The molecule has 0 bridgehead atoms. The van der Waals surface area contributed by atoms with Crippen molar-refractivity contribution >= 4 is 21.6 Å². The van der Waals surface area contributed by atoms with E-state index in [4.69, 9.17) is 10.5 Å². The minimum Gasteiger partial charge on any atom is -0.399 e. The van der Waals surface area contributed by atoms with Crippen molar-refractivity contribution < 1.29 is 23.1 Å². The molecular weight excluding hydrogens is 490 g/mol. The summed E-state index contributed by atoms with van der Waals surface area (Å²) in [5.41, 5.74) is 5.71.